The Morgan fingerprint density at radius 1 is 0.935 bits per heavy atom. The zero-order valence-electron chi connectivity index (χ0n) is 16.6. The molecular formula is C22H20F6N2O. The van der Waals surface area contributed by atoms with Crippen LogP contribution in [0, 0.1) is 0 Å². The number of nitrogens with zero attached hydrogens (tertiary/aromatic N) is 1. The van der Waals surface area contributed by atoms with Gasteiger partial charge < -0.3 is 9.88 Å². The quantitative estimate of drug-likeness (QED) is 0.371. The zero-order valence-corrected chi connectivity index (χ0v) is 16.6. The Kier molecular flexibility index (Phi) is 5.28. The van der Waals surface area contributed by atoms with Gasteiger partial charge in [0, 0.05) is 27.9 Å². The van der Waals surface area contributed by atoms with Crippen molar-refractivity contribution in [3.8, 4) is 0 Å². The van der Waals surface area contributed by atoms with Gasteiger partial charge in [-0.05, 0) is 69.6 Å². The minimum Gasteiger partial charge on any atom is -0.337 e. The maximum atomic E-state index is 13.7. The van der Waals surface area contributed by atoms with E-state index < -0.39 is 34.8 Å². The van der Waals surface area contributed by atoms with Crippen LogP contribution >= 0.6 is 0 Å². The van der Waals surface area contributed by atoms with Crippen molar-refractivity contribution in [1.29, 1.82) is 0 Å². The molecule has 0 spiro atoms. The fourth-order valence-electron chi connectivity index (χ4n) is 4.45. The predicted octanol–water partition coefficient (Wildman–Crippen LogP) is 6.35. The largest absolute Gasteiger partial charge is 0.417 e. The number of nitrogens with one attached hydrogen (secondary N) is 1. The van der Waals surface area contributed by atoms with E-state index in [1.54, 1.807) is 0 Å². The van der Waals surface area contributed by atoms with Crippen LogP contribution in [0.2, 0.25) is 0 Å². The molecule has 31 heavy (non-hydrogen) atoms. The Bertz CT molecular complexity index is 1150. The molecule has 2 heterocycles. The first kappa shape index (κ1) is 21.7. The second-order valence-corrected chi connectivity index (χ2v) is 7.90. The van der Waals surface area contributed by atoms with Crippen molar-refractivity contribution in [1.82, 2.24) is 9.88 Å². The molecule has 1 aromatic heterocycles. The van der Waals surface area contributed by atoms with Gasteiger partial charge in [-0.15, -0.1) is 0 Å². The van der Waals surface area contributed by atoms with Gasteiger partial charge in [0.1, 0.15) is 0 Å². The summed E-state index contributed by atoms with van der Waals surface area (Å²) in [5.74, 6) is -0.746. The lowest BCUT2D eigenvalue weighted by Crippen LogP contribution is -2.15. The fraction of sp³-hybridized carbons (Fsp3) is 0.409. The highest BCUT2D eigenvalue weighted by Crippen LogP contribution is 2.42. The van der Waals surface area contributed by atoms with E-state index in [4.69, 9.17) is 0 Å². The van der Waals surface area contributed by atoms with Gasteiger partial charge >= 0.3 is 12.4 Å². The van der Waals surface area contributed by atoms with Crippen LogP contribution in [-0.4, -0.2) is 23.4 Å². The van der Waals surface area contributed by atoms with Gasteiger partial charge in [0.2, 0.25) is 0 Å². The van der Waals surface area contributed by atoms with Crippen molar-refractivity contribution >= 4 is 27.6 Å². The molecule has 1 aliphatic rings. The fourth-order valence-corrected chi connectivity index (χ4v) is 4.45. The zero-order chi connectivity index (χ0) is 22.6. The predicted molar refractivity (Wildman–Crippen MR) is 105 cm³/mol. The molecule has 166 valence electrons. The Morgan fingerprint density at radius 3 is 2.29 bits per heavy atom. The molecule has 3 nitrogen and oxygen atoms in total. The summed E-state index contributed by atoms with van der Waals surface area (Å²) in [6, 6.07) is 5.06. The summed E-state index contributed by atoms with van der Waals surface area (Å²) in [5, 5.41) is 3.42. The van der Waals surface area contributed by atoms with E-state index in [1.807, 2.05) is 4.57 Å². The molecule has 1 fully saturated rings. The minimum atomic E-state index is -4.81. The number of hydrogen-bond acceptors (Lipinski definition) is 2. The number of fused-ring (bicyclic) bond motifs is 3. The number of aromatic nitrogens is 1. The van der Waals surface area contributed by atoms with E-state index in [-0.39, 0.29) is 16.8 Å². The van der Waals surface area contributed by atoms with Crippen molar-refractivity contribution < 1.29 is 31.1 Å². The molecule has 0 unspecified atom stereocenters. The van der Waals surface area contributed by atoms with Crippen LogP contribution < -0.4 is 5.32 Å². The van der Waals surface area contributed by atoms with Crippen molar-refractivity contribution in [3.63, 3.8) is 0 Å². The number of carbonyl (C=O) groups is 1. The minimum absolute atomic E-state index is 0.0654. The number of alkyl halides is 6. The third-order valence-corrected chi connectivity index (χ3v) is 5.86. The van der Waals surface area contributed by atoms with Crippen molar-refractivity contribution in [2.45, 2.75) is 44.6 Å². The van der Waals surface area contributed by atoms with Crippen molar-refractivity contribution in [2.75, 3.05) is 13.1 Å². The first-order valence-corrected chi connectivity index (χ1v) is 9.96. The Hall–Kier alpha value is -2.55. The van der Waals surface area contributed by atoms with Gasteiger partial charge in [0.25, 0.3) is 0 Å². The van der Waals surface area contributed by atoms with Crippen molar-refractivity contribution in [2.24, 2.45) is 0 Å². The number of Topliss-reactive ketones (excluding diaryl/α,β-unsaturated/α-hetero) is 1. The number of ketones is 1. The molecule has 9 heteroatoms. The van der Waals surface area contributed by atoms with Crippen molar-refractivity contribution in [3.05, 3.63) is 47.0 Å². The summed E-state index contributed by atoms with van der Waals surface area (Å²) in [4.78, 5) is 12.0. The molecule has 1 aliphatic heterocycles. The third-order valence-electron chi connectivity index (χ3n) is 5.86. The molecule has 0 amide bonds. The second-order valence-electron chi connectivity index (χ2n) is 7.90. The molecule has 3 aromatic rings. The number of benzene rings is 2. The molecular weight excluding hydrogens is 422 g/mol. The van der Waals surface area contributed by atoms with Gasteiger partial charge in [-0.1, -0.05) is 0 Å². The summed E-state index contributed by atoms with van der Waals surface area (Å²) in [7, 11) is 0. The summed E-state index contributed by atoms with van der Waals surface area (Å²) < 4.78 is 82.8. The first-order chi connectivity index (χ1) is 14.5. The maximum Gasteiger partial charge on any atom is 0.417 e. The highest BCUT2D eigenvalue weighted by Gasteiger charge is 2.36. The smallest absolute Gasteiger partial charge is 0.337 e. The number of rotatable bonds is 2. The topological polar surface area (TPSA) is 34.0 Å². The monoisotopic (exact) mass is 442 g/mol. The lowest BCUT2D eigenvalue weighted by molar-refractivity contribution is -0.138. The third kappa shape index (κ3) is 3.91. The normalized spacial score (nSPS) is 18.5. The lowest BCUT2D eigenvalue weighted by atomic mass is 9.99. The summed E-state index contributed by atoms with van der Waals surface area (Å²) in [6.07, 6.45) is -7.20. The van der Waals surface area contributed by atoms with E-state index in [1.165, 1.54) is 12.1 Å². The molecule has 0 bridgehead atoms. The van der Waals surface area contributed by atoms with Crippen LogP contribution in [0.15, 0.2) is 30.3 Å². The SMILES string of the molecule is CC(=O)c1cc2c(cc1C(F)(F)F)c1cc(C(F)(F)F)ccc1n2[C@@H]1CCCNCC1. The van der Waals surface area contributed by atoms with Crippen LogP contribution in [0.5, 0.6) is 0 Å². The van der Waals surface area contributed by atoms with E-state index in [0.29, 0.717) is 24.0 Å². The van der Waals surface area contributed by atoms with Gasteiger partial charge in [-0.2, -0.15) is 26.3 Å². The summed E-state index contributed by atoms with van der Waals surface area (Å²) >= 11 is 0. The van der Waals surface area contributed by atoms with E-state index in [2.05, 4.69) is 5.32 Å². The molecule has 4 rings (SSSR count). The first-order valence-electron chi connectivity index (χ1n) is 9.96. The average Bonchev–Trinajstić information content (AvgIpc) is 2.81. The number of hydrogen-bond donors (Lipinski definition) is 1. The number of halogens is 6. The van der Waals surface area contributed by atoms with Gasteiger partial charge in [-0.25, -0.2) is 0 Å². The Balaban J connectivity index is 2.10. The Labute approximate surface area is 174 Å². The molecule has 0 saturated carbocycles. The average molecular weight is 442 g/mol. The lowest BCUT2D eigenvalue weighted by Gasteiger charge is -2.20. The van der Waals surface area contributed by atoms with Crippen LogP contribution in [0.3, 0.4) is 0 Å². The number of carbonyl (C=O) groups excluding carboxylic acids is 1. The summed E-state index contributed by atoms with van der Waals surface area (Å²) in [6.45, 7) is 2.54. The summed E-state index contributed by atoms with van der Waals surface area (Å²) in [5.41, 5.74) is -1.76. The second kappa shape index (κ2) is 7.55. The van der Waals surface area contributed by atoms with Crippen LogP contribution in [0.4, 0.5) is 26.3 Å². The molecule has 1 N–H and O–H groups in total. The Morgan fingerprint density at radius 2 is 1.65 bits per heavy atom. The van der Waals surface area contributed by atoms with Crippen LogP contribution in [-0.2, 0) is 12.4 Å². The molecule has 2 aromatic carbocycles. The molecule has 0 radical (unpaired) electrons. The van der Waals surface area contributed by atoms with Gasteiger partial charge in [-0.3, -0.25) is 4.79 Å². The maximum absolute atomic E-state index is 13.7. The molecule has 0 aliphatic carbocycles. The molecule has 1 atom stereocenters. The van der Waals surface area contributed by atoms with E-state index >= 15 is 0 Å². The van der Waals surface area contributed by atoms with E-state index in [9.17, 15) is 31.1 Å². The highest BCUT2D eigenvalue weighted by atomic mass is 19.4. The van der Waals surface area contributed by atoms with Crippen LogP contribution in [0.25, 0.3) is 21.8 Å². The van der Waals surface area contributed by atoms with Gasteiger partial charge in [0.15, 0.2) is 5.78 Å². The van der Waals surface area contributed by atoms with Gasteiger partial charge in [0.05, 0.1) is 16.6 Å². The van der Waals surface area contributed by atoms with E-state index in [0.717, 1.165) is 44.5 Å². The highest BCUT2D eigenvalue weighted by molar-refractivity contribution is 6.11. The molecule has 1 saturated heterocycles. The standard InChI is InChI=1S/C22H20F6N2O/c1-12(31)15-11-20-17(10-18(15)22(26,27)28)16-9-13(21(23,24)25)4-5-19(16)30(20)14-3-2-7-29-8-6-14/h4-5,9-11,14,29H,2-3,6-8H2,1H3/t14-/m1/s1. The van der Waals surface area contributed by atoms with Crippen LogP contribution in [0.1, 0.15) is 53.7 Å².